The van der Waals surface area contributed by atoms with Crippen LogP contribution in [-0.4, -0.2) is 16.6 Å². The molecule has 4 saturated carbocycles. The molecule has 0 radical (unpaired) electrons. The number of aliphatic hydroxyl groups is 1. The van der Waals surface area contributed by atoms with Crippen LogP contribution in [-0.2, 0) is 4.79 Å². The maximum absolute atomic E-state index is 12.8. The van der Waals surface area contributed by atoms with Crippen molar-refractivity contribution in [1.82, 2.24) is 0 Å². The zero-order valence-electron chi connectivity index (χ0n) is 18.8. The Morgan fingerprint density at radius 2 is 1.73 bits per heavy atom. The first kappa shape index (κ1) is 20.5. The van der Waals surface area contributed by atoms with Crippen LogP contribution >= 0.6 is 0 Å². The standard InChI is InChI=1S/C27H39NO2/c1-26(30)14-12-21-18(17-26)8-10-23-22(21)13-15-27(2)19(9-11-24(23)27)16-25(29)28-20-6-4-3-5-7-20/h3-7,18-19,21-24,30H,8-17H2,1-2H3,(H,28,29)/t18-,19-,21+,22?,23-,24?,26-,27-/m1/s1. The molecule has 1 aromatic rings. The summed E-state index contributed by atoms with van der Waals surface area (Å²) in [5.41, 5.74) is 0.821. The molecular formula is C27H39NO2. The molecule has 4 aliphatic rings. The highest BCUT2D eigenvalue weighted by molar-refractivity contribution is 5.90. The zero-order valence-corrected chi connectivity index (χ0v) is 18.8. The molecule has 8 atom stereocenters. The Morgan fingerprint density at radius 1 is 0.967 bits per heavy atom. The molecule has 0 spiro atoms. The van der Waals surface area contributed by atoms with Gasteiger partial charge in [0.2, 0.25) is 5.91 Å². The van der Waals surface area contributed by atoms with Crippen LogP contribution < -0.4 is 5.32 Å². The smallest absolute Gasteiger partial charge is 0.224 e. The summed E-state index contributed by atoms with van der Waals surface area (Å²) in [6, 6.07) is 9.89. The fraction of sp³-hybridized carbons (Fsp3) is 0.741. The molecule has 0 heterocycles. The number of amides is 1. The minimum absolute atomic E-state index is 0.188. The van der Waals surface area contributed by atoms with Crippen LogP contribution in [0.5, 0.6) is 0 Å². The third-order valence-electron chi connectivity index (χ3n) is 9.92. The second kappa shape index (κ2) is 7.65. The summed E-state index contributed by atoms with van der Waals surface area (Å²) >= 11 is 0. The number of carbonyl (C=O) groups excluding carboxylic acids is 1. The molecule has 5 rings (SSSR count). The van der Waals surface area contributed by atoms with Gasteiger partial charge in [0, 0.05) is 12.1 Å². The fourth-order valence-electron chi connectivity index (χ4n) is 8.48. The van der Waals surface area contributed by atoms with Gasteiger partial charge in [0.25, 0.3) is 0 Å². The van der Waals surface area contributed by atoms with Crippen molar-refractivity contribution in [1.29, 1.82) is 0 Å². The van der Waals surface area contributed by atoms with Crippen molar-refractivity contribution >= 4 is 11.6 Å². The number of para-hydroxylation sites is 1. The molecule has 4 fully saturated rings. The van der Waals surface area contributed by atoms with Crippen LogP contribution in [0.2, 0.25) is 0 Å². The minimum Gasteiger partial charge on any atom is -0.390 e. The van der Waals surface area contributed by atoms with Gasteiger partial charge in [0.1, 0.15) is 0 Å². The third kappa shape index (κ3) is 3.61. The van der Waals surface area contributed by atoms with Crippen molar-refractivity contribution in [3.8, 4) is 0 Å². The van der Waals surface area contributed by atoms with E-state index in [1.807, 2.05) is 30.3 Å². The third-order valence-corrected chi connectivity index (χ3v) is 9.92. The average Bonchev–Trinajstić information content (AvgIpc) is 3.04. The number of fused-ring (bicyclic) bond motifs is 5. The molecule has 3 heteroatoms. The highest BCUT2D eigenvalue weighted by Gasteiger charge is 2.57. The summed E-state index contributed by atoms with van der Waals surface area (Å²) in [5.74, 6) is 4.83. The van der Waals surface area contributed by atoms with E-state index in [4.69, 9.17) is 0 Å². The summed E-state index contributed by atoms with van der Waals surface area (Å²) in [6.45, 7) is 4.56. The Kier molecular flexibility index (Phi) is 5.24. The van der Waals surface area contributed by atoms with Crippen molar-refractivity contribution < 1.29 is 9.90 Å². The lowest BCUT2D eigenvalue weighted by Gasteiger charge is -2.57. The summed E-state index contributed by atoms with van der Waals surface area (Å²) in [6.07, 6.45) is 11.7. The summed E-state index contributed by atoms with van der Waals surface area (Å²) in [5, 5.41) is 13.7. The lowest BCUT2D eigenvalue weighted by molar-refractivity contribution is -0.120. The van der Waals surface area contributed by atoms with Gasteiger partial charge in [-0.1, -0.05) is 25.1 Å². The number of rotatable bonds is 3. The molecule has 0 aromatic heterocycles. The van der Waals surface area contributed by atoms with Gasteiger partial charge in [-0.3, -0.25) is 4.79 Å². The second-order valence-electron chi connectivity index (χ2n) is 11.6. The monoisotopic (exact) mass is 409 g/mol. The van der Waals surface area contributed by atoms with E-state index in [1.54, 1.807) is 0 Å². The summed E-state index contributed by atoms with van der Waals surface area (Å²) < 4.78 is 0. The van der Waals surface area contributed by atoms with Gasteiger partial charge in [0.05, 0.1) is 5.60 Å². The average molecular weight is 410 g/mol. The zero-order chi connectivity index (χ0) is 20.9. The van der Waals surface area contributed by atoms with Gasteiger partial charge in [0.15, 0.2) is 0 Å². The summed E-state index contributed by atoms with van der Waals surface area (Å²) in [7, 11) is 0. The first-order valence-electron chi connectivity index (χ1n) is 12.4. The largest absolute Gasteiger partial charge is 0.390 e. The highest BCUT2D eigenvalue weighted by Crippen LogP contribution is 2.65. The van der Waals surface area contributed by atoms with E-state index >= 15 is 0 Å². The van der Waals surface area contributed by atoms with E-state index in [-0.39, 0.29) is 5.91 Å². The SMILES string of the molecule is C[C@@]1(O)CC[C@@H]2C3CC[C@@]4(C)C(CC[C@@H]4CC(=O)Nc4ccccc4)[C@@H]3CC[C@@H]2C1. The molecule has 30 heavy (non-hydrogen) atoms. The van der Waals surface area contributed by atoms with E-state index in [0.717, 1.165) is 48.1 Å². The predicted octanol–water partition coefficient (Wildman–Crippen LogP) is 6.04. The van der Waals surface area contributed by atoms with Crippen molar-refractivity contribution in [2.24, 2.45) is 40.9 Å². The molecule has 1 amide bonds. The van der Waals surface area contributed by atoms with E-state index in [1.165, 1.54) is 44.9 Å². The van der Waals surface area contributed by atoms with Crippen LogP contribution in [0.25, 0.3) is 0 Å². The molecule has 164 valence electrons. The normalized spacial score (nSPS) is 45.2. The molecule has 0 saturated heterocycles. The lowest BCUT2D eigenvalue weighted by Crippen LogP contribution is -2.50. The molecule has 3 nitrogen and oxygen atoms in total. The number of carbonyl (C=O) groups is 1. The number of hydrogen-bond acceptors (Lipinski definition) is 2. The highest BCUT2D eigenvalue weighted by atomic mass is 16.3. The van der Waals surface area contributed by atoms with Crippen molar-refractivity contribution in [3.05, 3.63) is 30.3 Å². The van der Waals surface area contributed by atoms with Gasteiger partial charge in [-0.25, -0.2) is 0 Å². The Hall–Kier alpha value is -1.35. The quantitative estimate of drug-likeness (QED) is 0.640. The van der Waals surface area contributed by atoms with Gasteiger partial charge in [-0.2, -0.15) is 0 Å². The van der Waals surface area contributed by atoms with Crippen LogP contribution in [0.4, 0.5) is 5.69 Å². The maximum atomic E-state index is 12.8. The first-order chi connectivity index (χ1) is 14.4. The van der Waals surface area contributed by atoms with Gasteiger partial charge >= 0.3 is 0 Å². The van der Waals surface area contributed by atoms with Gasteiger partial charge < -0.3 is 10.4 Å². The van der Waals surface area contributed by atoms with Gasteiger partial charge in [-0.15, -0.1) is 0 Å². The van der Waals surface area contributed by atoms with Crippen LogP contribution in [0, 0.1) is 40.9 Å². The lowest BCUT2D eigenvalue weighted by atomic mass is 9.49. The molecule has 2 N–H and O–H groups in total. The van der Waals surface area contributed by atoms with E-state index in [9.17, 15) is 9.90 Å². The molecule has 4 aliphatic carbocycles. The number of benzene rings is 1. The Morgan fingerprint density at radius 3 is 2.53 bits per heavy atom. The molecule has 2 unspecified atom stereocenters. The number of nitrogens with one attached hydrogen (secondary N) is 1. The molecule has 0 aliphatic heterocycles. The Balaban J connectivity index is 1.26. The van der Waals surface area contributed by atoms with Crippen LogP contribution in [0.1, 0.15) is 78.1 Å². The van der Waals surface area contributed by atoms with E-state index < -0.39 is 5.60 Å². The molecule has 1 aromatic carbocycles. The van der Waals surface area contributed by atoms with Gasteiger partial charge in [-0.05, 0) is 118 Å². The van der Waals surface area contributed by atoms with Crippen molar-refractivity contribution in [2.75, 3.05) is 5.32 Å². The first-order valence-corrected chi connectivity index (χ1v) is 12.4. The number of anilines is 1. The maximum Gasteiger partial charge on any atom is 0.224 e. The Bertz CT molecular complexity index is 774. The second-order valence-corrected chi connectivity index (χ2v) is 11.6. The predicted molar refractivity (Wildman–Crippen MR) is 121 cm³/mol. The topological polar surface area (TPSA) is 49.3 Å². The molecular weight excluding hydrogens is 370 g/mol. The fourth-order valence-corrected chi connectivity index (χ4v) is 8.48. The summed E-state index contributed by atoms with van der Waals surface area (Å²) in [4.78, 5) is 12.8. The number of hydrogen-bond donors (Lipinski definition) is 2. The minimum atomic E-state index is -0.429. The van der Waals surface area contributed by atoms with E-state index in [2.05, 4.69) is 19.2 Å². The van der Waals surface area contributed by atoms with Crippen LogP contribution in [0.15, 0.2) is 30.3 Å². The van der Waals surface area contributed by atoms with Crippen LogP contribution in [0.3, 0.4) is 0 Å². The molecule has 0 bridgehead atoms. The van der Waals surface area contributed by atoms with Crippen molar-refractivity contribution in [3.63, 3.8) is 0 Å². The van der Waals surface area contributed by atoms with E-state index in [0.29, 0.717) is 17.8 Å². The Labute approximate surface area is 182 Å². The van der Waals surface area contributed by atoms with Crippen molar-refractivity contribution in [2.45, 2.75) is 83.7 Å².